The van der Waals surface area contributed by atoms with Crippen molar-refractivity contribution in [2.45, 2.75) is 77.4 Å². The van der Waals surface area contributed by atoms with Gasteiger partial charge >= 0.3 is 0 Å². The number of nitrogens with one attached hydrogen (secondary N) is 1. The van der Waals surface area contributed by atoms with Crippen molar-refractivity contribution < 1.29 is 0 Å². The number of hydrogen-bond donors (Lipinski definition) is 1. The Morgan fingerprint density at radius 3 is 2.52 bits per heavy atom. The van der Waals surface area contributed by atoms with E-state index in [1.807, 2.05) is 11.3 Å². The summed E-state index contributed by atoms with van der Waals surface area (Å²) < 4.78 is 0. The number of likely N-dealkylation sites (tertiary alicyclic amines) is 1. The Morgan fingerprint density at radius 2 is 1.90 bits per heavy atom. The summed E-state index contributed by atoms with van der Waals surface area (Å²) in [5, 5.41) is 4.92. The number of aromatic nitrogens is 1. The first-order chi connectivity index (χ1) is 10.2. The zero-order valence-corrected chi connectivity index (χ0v) is 14.3. The molecule has 1 aliphatic heterocycles. The molecule has 0 amide bonds. The molecule has 118 valence electrons. The van der Waals surface area contributed by atoms with Gasteiger partial charge in [-0.15, -0.1) is 11.3 Å². The molecule has 0 spiro atoms. The molecule has 1 saturated heterocycles. The molecule has 3 nitrogen and oxygen atoms in total. The summed E-state index contributed by atoms with van der Waals surface area (Å²) in [7, 11) is 0. The van der Waals surface area contributed by atoms with Crippen molar-refractivity contribution in [3.8, 4) is 0 Å². The molecule has 1 N–H and O–H groups in total. The maximum Gasteiger partial charge on any atom is 0.107 e. The van der Waals surface area contributed by atoms with Crippen LogP contribution in [0.5, 0.6) is 0 Å². The maximum atomic E-state index is 5.01. The molecule has 0 bridgehead atoms. The van der Waals surface area contributed by atoms with Crippen LogP contribution >= 0.6 is 11.3 Å². The first kappa shape index (κ1) is 15.4. The molecule has 0 unspecified atom stereocenters. The Bertz CT molecular complexity index is 443. The molecular formula is C17H29N3S. The van der Waals surface area contributed by atoms with Crippen LogP contribution in [0.2, 0.25) is 0 Å². The second-order valence-electron chi connectivity index (χ2n) is 6.92. The van der Waals surface area contributed by atoms with E-state index in [1.54, 1.807) is 0 Å². The Kier molecular flexibility index (Phi) is 5.30. The van der Waals surface area contributed by atoms with Gasteiger partial charge in [0, 0.05) is 23.4 Å². The first-order valence-electron chi connectivity index (χ1n) is 8.66. The minimum Gasteiger partial charge on any atom is -0.310 e. The molecular weight excluding hydrogens is 278 g/mol. The number of rotatable bonds is 6. The van der Waals surface area contributed by atoms with Crippen molar-refractivity contribution in [3.05, 3.63) is 15.6 Å². The molecule has 0 radical (unpaired) electrons. The summed E-state index contributed by atoms with van der Waals surface area (Å²) in [6, 6.07) is 0.549. The van der Waals surface area contributed by atoms with E-state index in [2.05, 4.69) is 24.1 Å². The van der Waals surface area contributed by atoms with Crippen molar-refractivity contribution in [3.63, 3.8) is 0 Å². The van der Waals surface area contributed by atoms with E-state index in [1.165, 1.54) is 67.2 Å². The monoisotopic (exact) mass is 307 g/mol. The fraction of sp³-hybridized carbons (Fsp3) is 0.824. The van der Waals surface area contributed by atoms with Gasteiger partial charge in [0.2, 0.25) is 0 Å². The van der Waals surface area contributed by atoms with Crippen molar-refractivity contribution in [2.75, 3.05) is 13.1 Å². The summed E-state index contributed by atoms with van der Waals surface area (Å²) >= 11 is 1.95. The zero-order valence-electron chi connectivity index (χ0n) is 13.5. The zero-order chi connectivity index (χ0) is 14.7. The average molecular weight is 308 g/mol. The molecule has 1 aromatic rings. The van der Waals surface area contributed by atoms with Gasteiger partial charge in [-0.2, -0.15) is 0 Å². The van der Waals surface area contributed by atoms with Crippen molar-refractivity contribution >= 4 is 11.3 Å². The summed E-state index contributed by atoms with van der Waals surface area (Å²) in [4.78, 5) is 9.12. The molecule has 2 aliphatic rings. The largest absolute Gasteiger partial charge is 0.310 e. The average Bonchev–Trinajstić information content (AvgIpc) is 3.24. The third-order valence-corrected chi connectivity index (χ3v) is 5.52. The van der Waals surface area contributed by atoms with Gasteiger partial charge < -0.3 is 5.32 Å². The first-order valence-corrected chi connectivity index (χ1v) is 9.48. The molecule has 4 heteroatoms. The SMILES string of the molecule is CC(C)NCc1sc(CN2CCCCCC2)nc1C1CC1. The van der Waals surface area contributed by atoms with Gasteiger partial charge in [0.25, 0.3) is 0 Å². The van der Waals surface area contributed by atoms with Crippen LogP contribution in [0.4, 0.5) is 0 Å². The van der Waals surface area contributed by atoms with E-state index in [-0.39, 0.29) is 0 Å². The number of nitrogens with zero attached hydrogens (tertiary/aromatic N) is 2. The van der Waals surface area contributed by atoms with Gasteiger partial charge in [0.15, 0.2) is 0 Å². The fourth-order valence-electron chi connectivity index (χ4n) is 3.07. The topological polar surface area (TPSA) is 28.2 Å². The lowest BCUT2D eigenvalue weighted by Crippen LogP contribution is -2.23. The molecule has 1 saturated carbocycles. The second-order valence-corrected chi connectivity index (χ2v) is 8.08. The van der Waals surface area contributed by atoms with E-state index in [4.69, 9.17) is 4.98 Å². The van der Waals surface area contributed by atoms with Gasteiger partial charge in [0.1, 0.15) is 5.01 Å². The minimum atomic E-state index is 0.549. The summed E-state index contributed by atoms with van der Waals surface area (Å²) in [5.74, 6) is 0.767. The Balaban J connectivity index is 1.65. The molecule has 21 heavy (non-hydrogen) atoms. The van der Waals surface area contributed by atoms with Gasteiger partial charge in [-0.25, -0.2) is 4.98 Å². The molecule has 0 atom stereocenters. The molecule has 2 fully saturated rings. The van der Waals surface area contributed by atoms with Gasteiger partial charge in [-0.1, -0.05) is 26.7 Å². The lowest BCUT2D eigenvalue weighted by Gasteiger charge is -2.17. The molecule has 1 aliphatic carbocycles. The molecule has 1 aromatic heterocycles. The van der Waals surface area contributed by atoms with Crippen LogP contribution < -0.4 is 5.32 Å². The third-order valence-electron chi connectivity index (χ3n) is 4.46. The van der Waals surface area contributed by atoms with Crippen LogP contribution in [-0.4, -0.2) is 29.0 Å². The van der Waals surface area contributed by atoms with Crippen LogP contribution in [0.15, 0.2) is 0 Å². The predicted octanol–water partition coefficient (Wildman–Crippen LogP) is 3.89. The molecule has 2 heterocycles. The van der Waals surface area contributed by atoms with E-state index >= 15 is 0 Å². The van der Waals surface area contributed by atoms with Crippen molar-refractivity contribution in [1.29, 1.82) is 0 Å². The predicted molar refractivity (Wildman–Crippen MR) is 89.8 cm³/mol. The van der Waals surface area contributed by atoms with Gasteiger partial charge in [-0.3, -0.25) is 4.90 Å². The lowest BCUT2D eigenvalue weighted by molar-refractivity contribution is 0.276. The highest BCUT2D eigenvalue weighted by Gasteiger charge is 2.29. The van der Waals surface area contributed by atoms with Crippen LogP contribution in [-0.2, 0) is 13.1 Å². The van der Waals surface area contributed by atoms with Crippen LogP contribution in [0.25, 0.3) is 0 Å². The smallest absolute Gasteiger partial charge is 0.107 e. The van der Waals surface area contributed by atoms with E-state index in [9.17, 15) is 0 Å². The molecule has 0 aromatic carbocycles. The van der Waals surface area contributed by atoms with Gasteiger partial charge in [-0.05, 0) is 38.8 Å². The van der Waals surface area contributed by atoms with Crippen LogP contribution in [0.1, 0.15) is 73.9 Å². The Labute approximate surface area is 133 Å². The summed E-state index contributed by atoms with van der Waals surface area (Å²) in [5.41, 5.74) is 1.41. The Morgan fingerprint density at radius 1 is 1.19 bits per heavy atom. The fourth-order valence-corrected chi connectivity index (χ4v) is 4.21. The highest BCUT2D eigenvalue weighted by Crippen LogP contribution is 2.42. The number of hydrogen-bond acceptors (Lipinski definition) is 4. The van der Waals surface area contributed by atoms with Crippen LogP contribution in [0.3, 0.4) is 0 Å². The highest BCUT2D eigenvalue weighted by atomic mass is 32.1. The van der Waals surface area contributed by atoms with E-state index < -0.39 is 0 Å². The highest BCUT2D eigenvalue weighted by molar-refractivity contribution is 7.11. The minimum absolute atomic E-state index is 0.549. The Hall–Kier alpha value is -0.450. The van der Waals surface area contributed by atoms with Crippen LogP contribution in [0, 0.1) is 0 Å². The van der Waals surface area contributed by atoms with E-state index in [0.717, 1.165) is 19.0 Å². The van der Waals surface area contributed by atoms with Crippen molar-refractivity contribution in [1.82, 2.24) is 15.2 Å². The van der Waals surface area contributed by atoms with Gasteiger partial charge in [0.05, 0.1) is 12.2 Å². The van der Waals surface area contributed by atoms with E-state index in [0.29, 0.717) is 6.04 Å². The van der Waals surface area contributed by atoms with Crippen molar-refractivity contribution in [2.24, 2.45) is 0 Å². The lowest BCUT2D eigenvalue weighted by atomic mass is 10.2. The third kappa shape index (κ3) is 4.51. The molecule has 3 rings (SSSR count). The quantitative estimate of drug-likeness (QED) is 0.864. The summed E-state index contributed by atoms with van der Waals surface area (Å²) in [6.07, 6.45) is 8.24. The maximum absolute atomic E-state index is 5.01. The number of thiazole rings is 1. The second kappa shape index (κ2) is 7.21. The summed E-state index contributed by atoms with van der Waals surface area (Å²) in [6.45, 7) is 9.04. The standard InChI is InChI=1S/C17H29N3S/c1-13(2)18-11-15-17(14-7-8-14)19-16(21-15)12-20-9-5-3-4-6-10-20/h13-14,18H,3-12H2,1-2H3. The normalized spacial score (nSPS) is 20.9.